The first-order chi connectivity index (χ1) is 6.81. The van der Waals surface area contributed by atoms with Gasteiger partial charge in [-0.1, -0.05) is 0 Å². The van der Waals surface area contributed by atoms with Gasteiger partial charge < -0.3 is 4.74 Å². The van der Waals surface area contributed by atoms with Gasteiger partial charge in [0.25, 0.3) is 0 Å². The molecule has 82 valence electrons. The van der Waals surface area contributed by atoms with Gasteiger partial charge in [0.1, 0.15) is 5.60 Å². The molecule has 0 unspecified atom stereocenters. The fraction of sp³-hybridized carbons (Fsp3) is 0.700. The molecule has 0 spiro atoms. The Kier molecular flexibility index (Phi) is 1.90. The molecule has 1 aliphatic carbocycles. The van der Waals surface area contributed by atoms with Crippen molar-refractivity contribution in [1.29, 1.82) is 0 Å². The lowest BCUT2D eigenvalue weighted by Gasteiger charge is -2.23. The molecule has 0 aromatic carbocycles. The number of likely N-dealkylation sites (tertiary alicyclic amines) is 1. The summed E-state index contributed by atoms with van der Waals surface area (Å²) in [6.45, 7) is 5.07. The van der Waals surface area contributed by atoms with Crippen molar-refractivity contribution >= 4 is 17.9 Å². The van der Waals surface area contributed by atoms with Crippen LogP contribution in [-0.2, 0) is 14.3 Å². The molecular formula is C10H13NO4. The van der Waals surface area contributed by atoms with Crippen LogP contribution in [0.1, 0.15) is 27.2 Å². The maximum Gasteiger partial charge on any atom is 0.424 e. The van der Waals surface area contributed by atoms with Crippen molar-refractivity contribution in [2.24, 2.45) is 11.8 Å². The van der Waals surface area contributed by atoms with Crippen LogP contribution in [0.4, 0.5) is 4.79 Å². The highest BCUT2D eigenvalue weighted by atomic mass is 16.6. The van der Waals surface area contributed by atoms with Crippen molar-refractivity contribution in [3.05, 3.63) is 0 Å². The quantitative estimate of drug-likeness (QED) is 0.559. The van der Waals surface area contributed by atoms with E-state index in [1.54, 1.807) is 20.8 Å². The average Bonchev–Trinajstić information content (AvgIpc) is 2.73. The van der Waals surface area contributed by atoms with Crippen LogP contribution in [0.2, 0.25) is 0 Å². The fourth-order valence-electron chi connectivity index (χ4n) is 1.67. The molecule has 2 rings (SSSR count). The minimum absolute atomic E-state index is 0.259. The van der Waals surface area contributed by atoms with E-state index >= 15 is 0 Å². The minimum atomic E-state index is -0.843. The molecule has 0 bridgehead atoms. The second-order valence-corrected chi connectivity index (χ2v) is 4.94. The highest BCUT2D eigenvalue weighted by molar-refractivity contribution is 6.18. The highest BCUT2D eigenvalue weighted by Gasteiger charge is 2.61. The Labute approximate surface area is 87.4 Å². The largest absolute Gasteiger partial charge is 0.443 e. The molecule has 15 heavy (non-hydrogen) atoms. The molecule has 1 saturated carbocycles. The van der Waals surface area contributed by atoms with E-state index in [4.69, 9.17) is 4.74 Å². The van der Waals surface area contributed by atoms with E-state index in [-0.39, 0.29) is 11.8 Å². The molecule has 1 heterocycles. The summed E-state index contributed by atoms with van der Waals surface area (Å²) in [4.78, 5) is 35.1. The second kappa shape index (κ2) is 2.81. The van der Waals surface area contributed by atoms with Crippen LogP contribution in [0.25, 0.3) is 0 Å². The summed E-state index contributed by atoms with van der Waals surface area (Å²) in [7, 11) is 0. The third-order valence-electron chi connectivity index (χ3n) is 2.44. The zero-order valence-electron chi connectivity index (χ0n) is 8.94. The van der Waals surface area contributed by atoms with Crippen LogP contribution in [0, 0.1) is 11.8 Å². The first-order valence-corrected chi connectivity index (χ1v) is 4.92. The summed E-state index contributed by atoms with van der Waals surface area (Å²) >= 11 is 0. The molecule has 3 amide bonds. The summed E-state index contributed by atoms with van der Waals surface area (Å²) in [5.74, 6) is -1.33. The molecule has 1 saturated heterocycles. The Morgan fingerprint density at radius 1 is 1.27 bits per heavy atom. The lowest BCUT2D eigenvalue weighted by molar-refractivity contribution is -0.139. The molecule has 2 aliphatic rings. The highest BCUT2D eigenvalue weighted by Crippen LogP contribution is 2.47. The summed E-state index contributed by atoms with van der Waals surface area (Å²) in [6, 6.07) is 0. The summed E-state index contributed by atoms with van der Waals surface area (Å²) < 4.78 is 4.98. The molecule has 2 atom stereocenters. The van der Waals surface area contributed by atoms with Gasteiger partial charge in [-0.15, -0.1) is 0 Å². The topological polar surface area (TPSA) is 63.7 Å². The van der Waals surface area contributed by atoms with E-state index in [2.05, 4.69) is 0 Å². The van der Waals surface area contributed by atoms with Gasteiger partial charge in [0.05, 0.1) is 11.8 Å². The smallest absolute Gasteiger partial charge is 0.424 e. The number of hydrogen-bond donors (Lipinski definition) is 0. The first kappa shape index (κ1) is 10.1. The van der Waals surface area contributed by atoms with Gasteiger partial charge in [0.15, 0.2) is 0 Å². The van der Waals surface area contributed by atoms with Gasteiger partial charge in [-0.05, 0) is 27.2 Å². The van der Waals surface area contributed by atoms with Crippen molar-refractivity contribution in [3.8, 4) is 0 Å². The predicted molar refractivity (Wildman–Crippen MR) is 49.7 cm³/mol. The molecule has 0 aromatic rings. The van der Waals surface area contributed by atoms with Gasteiger partial charge in [0.2, 0.25) is 11.8 Å². The van der Waals surface area contributed by atoms with Gasteiger partial charge >= 0.3 is 6.09 Å². The van der Waals surface area contributed by atoms with Gasteiger partial charge in [-0.3, -0.25) is 9.59 Å². The van der Waals surface area contributed by atoms with E-state index in [0.717, 1.165) is 0 Å². The van der Waals surface area contributed by atoms with Crippen LogP contribution < -0.4 is 0 Å². The van der Waals surface area contributed by atoms with Crippen LogP contribution in [0.15, 0.2) is 0 Å². The van der Waals surface area contributed by atoms with E-state index in [0.29, 0.717) is 11.3 Å². The molecule has 0 aromatic heterocycles. The lowest BCUT2D eigenvalue weighted by Crippen LogP contribution is -2.42. The van der Waals surface area contributed by atoms with Gasteiger partial charge in [0, 0.05) is 0 Å². The van der Waals surface area contributed by atoms with Crippen molar-refractivity contribution in [2.75, 3.05) is 0 Å². The van der Waals surface area contributed by atoms with Crippen molar-refractivity contribution in [1.82, 2.24) is 4.90 Å². The number of hydrogen-bond acceptors (Lipinski definition) is 4. The Hall–Kier alpha value is -1.39. The van der Waals surface area contributed by atoms with E-state index < -0.39 is 23.5 Å². The van der Waals surface area contributed by atoms with Crippen molar-refractivity contribution in [2.45, 2.75) is 32.8 Å². The number of rotatable bonds is 0. The first-order valence-electron chi connectivity index (χ1n) is 4.92. The monoisotopic (exact) mass is 211 g/mol. The fourth-order valence-corrected chi connectivity index (χ4v) is 1.67. The average molecular weight is 211 g/mol. The molecule has 2 fully saturated rings. The number of piperidine rings is 1. The molecule has 1 aliphatic heterocycles. The van der Waals surface area contributed by atoms with Gasteiger partial charge in [-0.2, -0.15) is 4.90 Å². The van der Waals surface area contributed by atoms with Crippen LogP contribution in [-0.4, -0.2) is 28.4 Å². The third-order valence-corrected chi connectivity index (χ3v) is 2.44. The maximum atomic E-state index is 11.5. The minimum Gasteiger partial charge on any atom is -0.443 e. The van der Waals surface area contributed by atoms with Crippen LogP contribution in [0.3, 0.4) is 0 Å². The van der Waals surface area contributed by atoms with Crippen molar-refractivity contribution in [3.63, 3.8) is 0 Å². The Morgan fingerprint density at radius 2 is 1.73 bits per heavy atom. The molecule has 5 nitrogen and oxygen atoms in total. The normalized spacial score (nSPS) is 29.1. The number of imide groups is 3. The lowest BCUT2D eigenvalue weighted by atomic mass is 10.2. The summed E-state index contributed by atoms with van der Waals surface area (Å²) in [5.41, 5.74) is -0.690. The standard InChI is InChI=1S/C10H13NO4/c1-10(2,3)15-9(14)11-7(12)5-4-6(5)8(11)13/h5-6H,4H2,1-3H3/t5-,6+. The van der Waals surface area contributed by atoms with E-state index in [1.165, 1.54) is 0 Å². The number of fused-ring (bicyclic) bond motifs is 1. The Morgan fingerprint density at radius 3 is 2.13 bits per heavy atom. The summed E-state index contributed by atoms with van der Waals surface area (Å²) in [5, 5.41) is 0. The van der Waals surface area contributed by atoms with E-state index in [1.807, 2.05) is 0 Å². The molecular weight excluding hydrogens is 198 g/mol. The second-order valence-electron chi connectivity index (χ2n) is 4.94. The van der Waals surface area contributed by atoms with E-state index in [9.17, 15) is 14.4 Å². The zero-order valence-corrected chi connectivity index (χ0v) is 8.94. The third kappa shape index (κ3) is 1.62. The molecule has 5 heteroatoms. The van der Waals surface area contributed by atoms with Crippen molar-refractivity contribution < 1.29 is 19.1 Å². The predicted octanol–water partition coefficient (Wildman–Crippen LogP) is 0.926. The summed E-state index contributed by atoms with van der Waals surface area (Å²) in [6.07, 6.45) is -0.249. The number of nitrogens with zero attached hydrogens (tertiary/aromatic N) is 1. The molecule has 0 N–H and O–H groups in total. The maximum absolute atomic E-state index is 11.5. The molecule has 0 radical (unpaired) electrons. The Bertz CT molecular complexity index is 335. The van der Waals surface area contributed by atoms with Gasteiger partial charge in [-0.25, -0.2) is 4.79 Å². The zero-order chi connectivity index (χ0) is 11.4. The number of carbonyl (C=O) groups is 3. The SMILES string of the molecule is CC(C)(C)OC(=O)N1C(=O)[C@H]2C[C@H]2C1=O. The number of amides is 3. The Balaban J connectivity index is 2.09. The number of ether oxygens (including phenoxy) is 1. The van der Waals surface area contributed by atoms with Crippen LogP contribution in [0.5, 0.6) is 0 Å². The number of carbonyl (C=O) groups excluding carboxylic acids is 3. The van der Waals surface area contributed by atoms with Crippen LogP contribution >= 0.6 is 0 Å².